The van der Waals surface area contributed by atoms with Gasteiger partial charge in [0.1, 0.15) is 0 Å². The van der Waals surface area contributed by atoms with Crippen molar-refractivity contribution in [1.29, 1.82) is 0 Å². The van der Waals surface area contributed by atoms with E-state index in [0.717, 1.165) is 38.3 Å². The summed E-state index contributed by atoms with van der Waals surface area (Å²) >= 11 is 1.81. The molecule has 0 saturated carbocycles. The first-order chi connectivity index (χ1) is 12.0. The van der Waals surface area contributed by atoms with Crippen LogP contribution in [0, 0.1) is 6.92 Å². The van der Waals surface area contributed by atoms with Crippen LogP contribution < -0.4 is 10.6 Å². The third-order valence-electron chi connectivity index (χ3n) is 4.50. The summed E-state index contributed by atoms with van der Waals surface area (Å²) in [5, 5.41) is 11.7. The lowest BCUT2D eigenvalue weighted by molar-refractivity contribution is 0.499. The molecule has 6 heteroatoms. The molecule has 1 aliphatic rings. The van der Waals surface area contributed by atoms with E-state index >= 15 is 0 Å². The van der Waals surface area contributed by atoms with Crippen molar-refractivity contribution in [3.8, 4) is 0 Å². The molecule has 5 nitrogen and oxygen atoms in total. The normalized spacial score (nSPS) is 17.6. The summed E-state index contributed by atoms with van der Waals surface area (Å²) in [4.78, 5) is 7.40. The van der Waals surface area contributed by atoms with Gasteiger partial charge in [0.2, 0.25) is 0 Å². The Bertz CT molecular complexity index is 728. The zero-order chi connectivity index (χ0) is 17.8. The molecule has 2 heterocycles. The second kappa shape index (κ2) is 8.04. The maximum absolute atomic E-state index is 4.77. The molecule has 0 aliphatic heterocycles. The molecular weight excluding hydrogens is 330 g/mol. The first kappa shape index (κ1) is 18.0. The van der Waals surface area contributed by atoms with Crippen molar-refractivity contribution in [1.82, 2.24) is 20.4 Å². The van der Waals surface area contributed by atoms with Gasteiger partial charge in [0.25, 0.3) is 0 Å². The van der Waals surface area contributed by atoms with Crippen LogP contribution in [0.15, 0.2) is 23.3 Å². The van der Waals surface area contributed by atoms with E-state index in [1.807, 2.05) is 11.3 Å². The number of rotatable bonds is 5. The molecule has 1 atom stereocenters. The van der Waals surface area contributed by atoms with Crippen molar-refractivity contribution in [2.45, 2.75) is 65.6 Å². The highest BCUT2D eigenvalue weighted by atomic mass is 32.1. The minimum Gasteiger partial charge on any atom is -0.357 e. The molecule has 2 aromatic heterocycles. The van der Waals surface area contributed by atoms with E-state index < -0.39 is 0 Å². The number of nitrogens with one attached hydrogen (secondary N) is 2. The van der Waals surface area contributed by atoms with E-state index in [-0.39, 0.29) is 0 Å². The molecule has 0 spiro atoms. The van der Waals surface area contributed by atoms with Crippen molar-refractivity contribution in [2.75, 3.05) is 6.54 Å². The summed E-state index contributed by atoms with van der Waals surface area (Å²) in [5.74, 6) is 0.908. The van der Waals surface area contributed by atoms with Crippen molar-refractivity contribution < 1.29 is 0 Å². The number of aromatic nitrogens is 2. The van der Waals surface area contributed by atoms with Crippen LogP contribution in [0.2, 0.25) is 0 Å². The zero-order valence-corrected chi connectivity index (χ0v) is 16.5. The monoisotopic (exact) mass is 359 g/mol. The van der Waals surface area contributed by atoms with Crippen LogP contribution in [0.1, 0.15) is 54.2 Å². The Balaban J connectivity index is 1.64. The van der Waals surface area contributed by atoms with Gasteiger partial charge in [-0.05, 0) is 58.2 Å². The van der Waals surface area contributed by atoms with Crippen LogP contribution in [0.5, 0.6) is 0 Å². The van der Waals surface area contributed by atoms with Crippen LogP contribution >= 0.6 is 11.3 Å². The molecule has 0 bridgehead atoms. The number of thiophene rings is 1. The van der Waals surface area contributed by atoms with Gasteiger partial charge in [-0.2, -0.15) is 5.10 Å². The van der Waals surface area contributed by atoms with Crippen molar-refractivity contribution in [3.63, 3.8) is 0 Å². The molecule has 0 amide bonds. The lowest BCUT2D eigenvalue weighted by Gasteiger charge is -2.24. The van der Waals surface area contributed by atoms with E-state index in [4.69, 9.17) is 10.1 Å². The van der Waals surface area contributed by atoms with Crippen molar-refractivity contribution in [2.24, 2.45) is 4.99 Å². The zero-order valence-electron chi connectivity index (χ0n) is 15.7. The smallest absolute Gasteiger partial charge is 0.191 e. The summed E-state index contributed by atoms with van der Waals surface area (Å²) in [6.45, 7) is 10.2. The number of hydrogen-bond acceptors (Lipinski definition) is 3. The second-order valence-corrected chi connectivity index (χ2v) is 8.34. The highest BCUT2D eigenvalue weighted by Gasteiger charge is 2.23. The summed E-state index contributed by atoms with van der Waals surface area (Å²) in [5.41, 5.74) is 2.64. The molecule has 1 aliphatic carbocycles. The second-order valence-electron chi connectivity index (χ2n) is 6.97. The fourth-order valence-corrected chi connectivity index (χ4v) is 3.96. The molecule has 1 unspecified atom stereocenters. The third-order valence-corrected chi connectivity index (χ3v) is 5.49. The number of fused-ring (bicyclic) bond motifs is 1. The fourth-order valence-electron chi connectivity index (χ4n) is 3.14. The Labute approximate surface area is 154 Å². The Hall–Kier alpha value is -1.82. The predicted octanol–water partition coefficient (Wildman–Crippen LogP) is 3.45. The first-order valence-corrected chi connectivity index (χ1v) is 10.0. The van der Waals surface area contributed by atoms with Crippen LogP contribution in [0.4, 0.5) is 0 Å². The van der Waals surface area contributed by atoms with Gasteiger partial charge >= 0.3 is 0 Å². The van der Waals surface area contributed by atoms with E-state index in [1.165, 1.54) is 21.0 Å². The van der Waals surface area contributed by atoms with E-state index in [2.05, 4.69) is 61.3 Å². The average Bonchev–Trinajstić information content (AvgIpc) is 3.18. The lowest BCUT2D eigenvalue weighted by atomic mass is 9.94. The Kier molecular flexibility index (Phi) is 5.78. The number of aryl methyl sites for hydroxylation is 2. The topological polar surface area (TPSA) is 54.2 Å². The Morgan fingerprint density at radius 3 is 2.96 bits per heavy atom. The van der Waals surface area contributed by atoms with Crippen LogP contribution in [-0.2, 0) is 19.4 Å². The molecule has 3 rings (SSSR count). The van der Waals surface area contributed by atoms with Crippen LogP contribution in [-0.4, -0.2) is 28.3 Å². The molecule has 2 N–H and O–H groups in total. The highest BCUT2D eigenvalue weighted by molar-refractivity contribution is 7.11. The van der Waals surface area contributed by atoms with Gasteiger partial charge in [0.15, 0.2) is 5.96 Å². The summed E-state index contributed by atoms with van der Waals surface area (Å²) in [7, 11) is 0. The Morgan fingerprint density at radius 2 is 2.28 bits per heavy atom. The molecule has 136 valence electrons. The maximum Gasteiger partial charge on any atom is 0.191 e. The van der Waals surface area contributed by atoms with Crippen molar-refractivity contribution >= 4 is 17.3 Å². The summed E-state index contributed by atoms with van der Waals surface area (Å²) < 4.78 is 2.09. The largest absolute Gasteiger partial charge is 0.357 e. The van der Waals surface area contributed by atoms with Crippen molar-refractivity contribution in [3.05, 3.63) is 39.3 Å². The van der Waals surface area contributed by atoms with Gasteiger partial charge in [0, 0.05) is 41.0 Å². The average molecular weight is 360 g/mol. The van der Waals surface area contributed by atoms with Gasteiger partial charge in [-0.1, -0.05) is 0 Å². The molecule has 0 saturated heterocycles. The molecule has 25 heavy (non-hydrogen) atoms. The predicted molar refractivity (Wildman–Crippen MR) is 105 cm³/mol. The summed E-state index contributed by atoms with van der Waals surface area (Å²) in [6, 6.07) is 5.14. The lowest BCUT2D eigenvalue weighted by Crippen LogP contribution is -2.45. The van der Waals surface area contributed by atoms with Crippen LogP contribution in [0.25, 0.3) is 0 Å². The number of guanidine groups is 1. The SMILES string of the molecule is CCNC(=NCc1ccc(C)s1)NC1CCc2cn(C(C)C)nc2C1. The molecule has 0 radical (unpaired) electrons. The van der Waals surface area contributed by atoms with Gasteiger partial charge in [0.05, 0.1) is 12.2 Å². The van der Waals surface area contributed by atoms with E-state index in [9.17, 15) is 0 Å². The van der Waals surface area contributed by atoms with Crippen LogP contribution in [0.3, 0.4) is 0 Å². The van der Waals surface area contributed by atoms with Gasteiger partial charge < -0.3 is 10.6 Å². The number of hydrogen-bond donors (Lipinski definition) is 2. The minimum absolute atomic E-state index is 0.394. The molecular formula is C19H29N5S. The quantitative estimate of drug-likeness (QED) is 0.635. The third kappa shape index (κ3) is 4.63. The Morgan fingerprint density at radius 1 is 1.44 bits per heavy atom. The molecule has 0 fully saturated rings. The first-order valence-electron chi connectivity index (χ1n) is 9.22. The standard InChI is InChI=1S/C19H29N5S/c1-5-20-19(21-11-17-9-6-14(4)25-17)22-16-8-7-15-12-24(13(2)3)23-18(15)10-16/h6,9,12-13,16H,5,7-8,10-11H2,1-4H3,(H2,20,21,22). The van der Waals surface area contributed by atoms with E-state index in [1.54, 1.807) is 0 Å². The number of aliphatic imine (C=N–C) groups is 1. The molecule has 2 aromatic rings. The van der Waals surface area contributed by atoms with Gasteiger partial charge in [-0.15, -0.1) is 11.3 Å². The van der Waals surface area contributed by atoms with Gasteiger partial charge in [-0.3, -0.25) is 4.68 Å². The number of nitrogens with zero attached hydrogens (tertiary/aromatic N) is 3. The fraction of sp³-hybridized carbons (Fsp3) is 0.579. The van der Waals surface area contributed by atoms with E-state index in [0.29, 0.717) is 12.1 Å². The maximum atomic E-state index is 4.77. The molecule has 0 aromatic carbocycles. The highest BCUT2D eigenvalue weighted by Crippen LogP contribution is 2.22. The summed E-state index contributed by atoms with van der Waals surface area (Å²) in [6.07, 6.45) is 5.40. The minimum atomic E-state index is 0.394. The van der Waals surface area contributed by atoms with Gasteiger partial charge in [-0.25, -0.2) is 4.99 Å².